The maximum Gasteiger partial charge on any atom is 0.244 e. The topological polar surface area (TPSA) is 87.9 Å². The van der Waals surface area contributed by atoms with Crippen LogP contribution in [0.4, 0.5) is 0 Å². The van der Waals surface area contributed by atoms with E-state index in [9.17, 15) is 10.1 Å². The zero-order valence-corrected chi connectivity index (χ0v) is 15.1. The summed E-state index contributed by atoms with van der Waals surface area (Å²) in [5.74, 6) is -1.29. The quantitative estimate of drug-likeness (QED) is 0.698. The fourth-order valence-corrected chi connectivity index (χ4v) is 2.62. The van der Waals surface area contributed by atoms with Crippen molar-refractivity contribution in [1.82, 2.24) is 15.3 Å². The fraction of sp³-hybridized carbons (Fsp3) is 0.238. The summed E-state index contributed by atoms with van der Waals surface area (Å²) in [6.45, 7) is 2.75. The summed E-state index contributed by atoms with van der Waals surface area (Å²) in [5.41, 5.74) is 2.48. The number of fused-ring (bicyclic) bond motifs is 1. The molecule has 0 bridgehead atoms. The third-order valence-corrected chi connectivity index (χ3v) is 3.98. The molecule has 0 aliphatic rings. The second-order valence-electron chi connectivity index (χ2n) is 6.02. The highest BCUT2D eigenvalue weighted by Gasteiger charge is 2.27. The molecule has 1 unspecified atom stereocenters. The number of nitriles is 1. The first-order valence-electron chi connectivity index (χ1n) is 8.83. The molecule has 1 amide bonds. The number of benzene rings is 2. The predicted octanol–water partition coefficient (Wildman–Crippen LogP) is 3.34. The first kappa shape index (κ1) is 18.3. The average Bonchev–Trinajstić information content (AvgIpc) is 2.72. The SMILES string of the molecule is CCCOc1nc2ccccc2nc1C(C#N)C(=O)NCc1ccccc1. The van der Waals surface area contributed by atoms with E-state index in [0.29, 0.717) is 24.2 Å². The number of carbonyl (C=O) groups excluding carboxylic acids is 1. The lowest BCUT2D eigenvalue weighted by Gasteiger charge is -2.14. The van der Waals surface area contributed by atoms with Gasteiger partial charge in [0.1, 0.15) is 5.69 Å². The van der Waals surface area contributed by atoms with Gasteiger partial charge in [-0.3, -0.25) is 4.79 Å². The zero-order chi connectivity index (χ0) is 19.1. The number of nitrogens with one attached hydrogen (secondary N) is 1. The number of aromatic nitrogens is 2. The lowest BCUT2D eigenvalue weighted by Crippen LogP contribution is -2.29. The maximum absolute atomic E-state index is 12.7. The van der Waals surface area contributed by atoms with Crippen molar-refractivity contribution in [3.8, 4) is 11.9 Å². The van der Waals surface area contributed by atoms with Gasteiger partial charge in [-0.1, -0.05) is 49.4 Å². The number of para-hydroxylation sites is 2. The van der Waals surface area contributed by atoms with E-state index in [2.05, 4.69) is 15.3 Å². The molecular weight excluding hydrogens is 340 g/mol. The lowest BCUT2D eigenvalue weighted by atomic mass is 10.1. The fourth-order valence-electron chi connectivity index (χ4n) is 2.62. The molecule has 3 aromatic rings. The number of hydrogen-bond acceptors (Lipinski definition) is 5. The molecule has 1 heterocycles. The molecule has 3 rings (SSSR count). The molecule has 2 aromatic carbocycles. The van der Waals surface area contributed by atoms with E-state index < -0.39 is 11.8 Å². The van der Waals surface area contributed by atoms with Crippen LogP contribution in [-0.2, 0) is 11.3 Å². The van der Waals surface area contributed by atoms with Crippen LogP contribution >= 0.6 is 0 Å². The van der Waals surface area contributed by atoms with Crippen LogP contribution in [0, 0.1) is 11.3 Å². The summed E-state index contributed by atoms with van der Waals surface area (Å²) in [7, 11) is 0. The van der Waals surface area contributed by atoms with E-state index in [4.69, 9.17) is 4.74 Å². The molecule has 0 saturated carbocycles. The molecule has 6 nitrogen and oxygen atoms in total. The minimum atomic E-state index is -1.10. The normalized spacial score (nSPS) is 11.6. The molecule has 0 saturated heterocycles. The molecular formula is C21H20N4O2. The number of rotatable bonds is 7. The summed E-state index contributed by atoms with van der Waals surface area (Å²) in [6.07, 6.45) is 0.783. The second kappa shape index (κ2) is 8.77. The van der Waals surface area contributed by atoms with E-state index in [-0.39, 0.29) is 11.6 Å². The van der Waals surface area contributed by atoms with Crippen molar-refractivity contribution in [2.75, 3.05) is 6.61 Å². The van der Waals surface area contributed by atoms with Crippen molar-refractivity contribution in [3.63, 3.8) is 0 Å². The summed E-state index contributed by atoms with van der Waals surface area (Å²) < 4.78 is 5.69. The number of hydrogen-bond donors (Lipinski definition) is 1. The highest BCUT2D eigenvalue weighted by Crippen LogP contribution is 2.26. The van der Waals surface area contributed by atoms with Gasteiger partial charge in [0, 0.05) is 6.54 Å². The van der Waals surface area contributed by atoms with Crippen molar-refractivity contribution in [2.45, 2.75) is 25.8 Å². The number of carbonyl (C=O) groups is 1. The number of amides is 1. The Kier molecular flexibility index (Phi) is 5.95. The van der Waals surface area contributed by atoms with E-state index in [1.165, 1.54) is 0 Å². The van der Waals surface area contributed by atoms with Gasteiger partial charge in [0.15, 0.2) is 5.92 Å². The zero-order valence-electron chi connectivity index (χ0n) is 15.1. The first-order valence-corrected chi connectivity index (χ1v) is 8.83. The third-order valence-electron chi connectivity index (χ3n) is 3.98. The molecule has 136 valence electrons. The van der Waals surface area contributed by atoms with E-state index in [1.54, 1.807) is 6.07 Å². The van der Waals surface area contributed by atoms with Crippen LogP contribution in [0.15, 0.2) is 54.6 Å². The van der Waals surface area contributed by atoms with Gasteiger partial charge in [-0.15, -0.1) is 0 Å². The summed E-state index contributed by atoms with van der Waals surface area (Å²) in [4.78, 5) is 21.6. The van der Waals surface area contributed by atoms with Crippen LogP contribution in [0.25, 0.3) is 11.0 Å². The first-order chi connectivity index (χ1) is 13.2. The molecule has 0 radical (unpaired) electrons. The minimum Gasteiger partial charge on any atom is -0.476 e. The Labute approximate surface area is 157 Å². The van der Waals surface area contributed by atoms with Crippen LogP contribution in [0.1, 0.15) is 30.5 Å². The largest absolute Gasteiger partial charge is 0.476 e. The monoisotopic (exact) mass is 360 g/mol. The van der Waals surface area contributed by atoms with Crippen LogP contribution in [0.2, 0.25) is 0 Å². The van der Waals surface area contributed by atoms with Crippen LogP contribution < -0.4 is 10.1 Å². The average molecular weight is 360 g/mol. The maximum atomic E-state index is 12.7. The standard InChI is InChI=1S/C21H20N4O2/c1-2-12-27-21-19(24-17-10-6-7-11-18(17)25-21)16(13-22)20(26)23-14-15-8-4-3-5-9-15/h3-11,16H,2,12,14H2,1H3,(H,23,26). The molecule has 0 fully saturated rings. The van der Waals surface area contributed by atoms with Crippen molar-refractivity contribution in [3.05, 3.63) is 65.9 Å². The molecule has 0 aliphatic heterocycles. The number of ether oxygens (including phenoxy) is 1. The van der Waals surface area contributed by atoms with Gasteiger partial charge < -0.3 is 10.1 Å². The Morgan fingerprint density at radius 2 is 1.78 bits per heavy atom. The van der Waals surface area contributed by atoms with Gasteiger partial charge in [-0.25, -0.2) is 9.97 Å². The van der Waals surface area contributed by atoms with Gasteiger partial charge in [-0.05, 0) is 24.1 Å². The Bertz CT molecular complexity index is 967. The Morgan fingerprint density at radius 1 is 1.11 bits per heavy atom. The lowest BCUT2D eigenvalue weighted by molar-refractivity contribution is -0.121. The number of nitrogens with zero attached hydrogens (tertiary/aromatic N) is 3. The molecule has 1 atom stereocenters. The molecule has 0 aliphatic carbocycles. The molecule has 27 heavy (non-hydrogen) atoms. The molecule has 1 N–H and O–H groups in total. The summed E-state index contributed by atoms with van der Waals surface area (Å²) >= 11 is 0. The Morgan fingerprint density at radius 3 is 2.44 bits per heavy atom. The van der Waals surface area contributed by atoms with Gasteiger partial charge in [-0.2, -0.15) is 5.26 Å². The van der Waals surface area contributed by atoms with Crippen molar-refractivity contribution >= 4 is 16.9 Å². The van der Waals surface area contributed by atoms with Crippen LogP contribution in [-0.4, -0.2) is 22.5 Å². The van der Waals surface area contributed by atoms with Crippen molar-refractivity contribution < 1.29 is 9.53 Å². The van der Waals surface area contributed by atoms with E-state index in [0.717, 1.165) is 12.0 Å². The van der Waals surface area contributed by atoms with E-state index in [1.807, 2.05) is 61.5 Å². The smallest absolute Gasteiger partial charge is 0.244 e. The van der Waals surface area contributed by atoms with Crippen LogP contribution in [0.3, 0.4) is 0 Å². The Hall–Kier alpha value is -3.46. The molecule has 6 heteroatoms. The highest BCUT2D eigenvalue weighted by molar-refractivity contribution is 5.87. The minimum absolute atomic E-state index is 0.233. The van der Waals surface area contributed by atoms with Gasteiger partial charge in [0.05, 0.1) is 23.7 Å². The van der Waals surface area contributed by atoms with Crippen molar-refractivity contribution in [2.24, 2.45) is 0 Å². The molecule has 0 spiro atoms. The van der Waals surface area contributed by atoms with Gasteiger partial charge in [0.2, 0.25) is 11.8 Å². The van der Waals surface area contributed by atoms with E-state index >= 15 is 0 Å². The van der Waals surface area contributed by atoms with Gasteiger partial charge >= 0.3 is 0 Å². The predicted molar refractivity (Wildman–Crippen MR) is 102 cm³/mol. The van der Waals surface area contributed by atoms with Crippen molar-refractivity contribution in [1.29, 1.82) is 5.26 Å². The van der Waals surface area contributed by atoms with Crippen LogP contribution in [0.5, 0.6) is 5.88 Å². The highest BCUT2D eigenvalue weighted by atomic mass is 16.5. The summed E-state index contributed by atoms with van der Waals surface area (Å²) in [5, 5.41) is 12.4. The third kappa shape index (κ3) is 4.39. The Balaban J connectivity index is 1.89. The summed E-state index contributed by atoms with van der Waals surface area (Å²) in [6, 6.07) is 18.9. The van der Waals surface area contributed by atoms with Gasteiger partial charge in [0.25, 0.3) is 0 Å². The molecule has 1 aromatic heterocycles. The second-order valence-corrected chi connectivity index (χ2v) is 6.02.